The number of hydrogen-bond donors (Lipinski definition) is 2. The molecule has 2 heterocycles. The van der Waals surface area contributed by atoms with Gasteiger partial charge in [0.15, 0.2) is 0 Å². The molecule has 0 unspecified atom stereocenters. The second kappa shape index (κ2) is 12.9. The minimum atomic E-state index is -0.882. The van der Waals surface area contributed by atoms with E-state index < -0.39 is 17.4 Å². The van der Waals surface area contributed by atoms with Gasteiger partial charge in [0.1, 0.15) is 23.7 Å². The van der Waals surface area contributed by atoms with Gasteiger partial charge in [-0.3, -0.25) is 19.5 Å². The van der Waals surface area contributed by atoms with Crippen LogP contribution in [0.5, 0.6) is 0 Å². The Labute approximate surface area is 229 Å². The van der Waals surface area contributed by atoms with Gasteiger partial charge in [0, 0.05) is 32.0 Å². The summed E-state index contributed by atoms with van der Waals surface area (Å²) in [6, 6.07) is 4.83. The van der Waals surface area contributed by atoms with Crippen molar-refractivity contribution in [2.75, 3.05) is 42.6 Å². The summed E-state index contributed by atoms with van der Waals surface area (Å²) in [5.74, 6) is -0.721. The van der Waals surface area contributed by atoms with Gasteiger partial charge in [0.25, 0.3) is 5.91 Å². The van der Waals surface area contributed by atoms with Gasteiger partial charge in [-0.05, 0) is 56.6 Å². The summed E-state index contributed by atoms with van der Waals surface area (Å²) in [5.41, 5.74) is 0.384. The van der Waals surface area contributed by atoms with E-state index >= 15 is 0 Å². The molecule has 2 saturated heterocycles. The topological polar surface area (TPSA) is 103 Å². The third-order valence-electron chi connectivity index (χ3n) is 7.53. The molecule has 210 valence electrons. The number of piperidine rings is 1. The highest BCUT2D eigenvalue weighted by molar-refractivity contribution is 6.01. The van der Waals surface area contributed by atoms with Crippen LogP contribution in [0.3, 0.4) is 0 Å². The molecule has 0 atom stereocenters. The van der Waals surface area contributed by atoms with E-state index in [9.17, 15) is 18.8 Å². The number of hydrogen-bond acceptors (Lipinski definition) is 6. The molecule has 0 spiro atoms. The quantitative estimate of drug-likeness (QED) is 0.180. The zero-order valence-electron chi connectivity index (χ0n) is 22.6. The van der Waals surface area contributed by atoms with Gasteiger partial charge in [-0.25, -0.2) is 9.18 Å². The molecule has 3 aliphatic rings. The summed E-state index contributed by atoms with van der Waals surface area (Å²) in [4.78, 5) is 45.4. The van der Waals surface area contributed by atoms with E-state index in [2.05, 4.69) is 34.0 Å². The Hall–Kier alpha value is -3.69. The molecule has 1 aromatic carbocycles. The van der Waals surface area contributed by atoms with Crippen LogP contribution in [0.15, 0.2) is 47.6 Å². The maximum atomic E-state index is 14.7. The van der Waals surface area contributed by atoms with Crippen LogP contribution >= 0.6 is 0 Å². The van der Waals surface area contributed by atoms with Crippen LogP contribution in [0.25, 0.3) is 0 Å². The SMILES string of the molecule is C=C/C(=C\N=CCCCC)C(=O)NC1(C(=O)NCC2CCN(c3cccc(F)c3N3CCOC3=O)CC2)CC1. The van der Waals surface area contributed by atoms with Crippen LogP contribution in [-0.2, 0) is 14.3 Å². The van der Waals surface area contributed by atoms with E-state index in [1.54, 1.807) is 12.3 Å². The van der Waals surface area contributed by atoms with E-state index in [1.165, 1.54) is 23.2 Å². The third-order valence-corrected chi connectivity index (χ3v) is 7.53. The van der Waals surface area contributed by atoms with E-state index in [4.69, 9.17) is 4.74 Å². The number of benzene rings is 1. The summed E-state index contributed by atoms with van der Waals surface area (Å²) in [5, 5.41) is 5.91. The van der Waals surface area contributed by atoms with Crippen LogP contribution in [0.2, 0.25) is 0 Å². The fourth-order valence-corrected chi connectivity index (χ4v) is 4.94. The van der Waals surface area contributed by atoms with Gasteiger partial charge in [-0.15, -0.1) is 0 Å². The van der Waals surface area contributed by atoms with E-state index in [-0.39, 0.29) is 30.0 Å². The first-order valence-electron chi connectivity index (χ1n) is 13.8. The molecule has 1 saturated carbocycles. The Balaban J connectivity index is 1.27. The maximum absolute atomic E-state index is 14.7. The minimum Gasteiger partial charge on any atom is -0.447 e. The molecule has 3 fully saturated rings. The summed E-state index contributed by atoms with van der Waals surface area (Å²) in [6.45, 7) is 8.23. The van der Waals surface area contributed by atoms with Crippen molar-refractivity contribution in [3.05, 3.63) is 48.4 Å². The summed E-state index contributed by atoms with van der Waals surface area (Å²) in [7, 11) is 0. The molecule has 0 radical (unpaired) electrons. The van der Waals surface area contributed by atoms with E-state index in [1.807, 2.05) is 6.07 Å². The smallest absolute Gasteiger partial charge is 0.414 e. The Kier molecular flexibility index (Phi) is 9.37. The molecule has 2 aliphatic heterocycles. The number of para-hydroxylation sites is 1. The first-order chi connectivity index (χ1) is 18.9. The number of carbonyl (C=O) groups excluding carboxylic acids is 3. The lowest BCUT2D eigenvalue weighted by atomic mass is 9.96. The van der Waals surface area contributed by atoms with E-state index in [0.29, 0.717) is 50.3 Å². The number of cyclic esters (lactones) is 1. The molecular formula is C29H38FN5O4. The highest BCUT2D eigenvalue weighted by Crippen LogP contribution is 2.37. The number of unbranched alkanes of at least 4 members (excludes halogenated alkanes) is 2. The Bertz CT molecular complexity index is 1140. The average Bonchev–Trinajstić information content (AvgIpc) is 3.60. The van der Waals surface area contributed by atoms with Crippen molar-refractivity contribution in [1.29, 1.82) is 0 Å². The zero-order chi connectivity index (χ0) is 27.8. The van der Waals surface area contributed by atoms with Crippen molar-refractivity contribution >= 4 is 35.5 Å². The van der Waals surface area contributed by atoms with Gasteiger partial charge in [0.05, 0.1) is 17.8 Å². The minimum absolute atomic E-state index is 0.173. The Morgan fingerprint density at radius 1 is 1.26 bits per heavy atom. The lowest BCUT2D eigenvalue weighted by molar-refractivity contribution is -0.128. The summed E-state index contributed by atoms with van der Waals surface area (Å²) in [6.07, 6.45) is 9.93. The van der Waals surface area contributed by atoms with Gasteiger partial charge in [-0.2, -0.15) is 0 Å². The van der Waals surface area contributed by atoms with Crippen LogP contribution in [0.1, 0.15) is 51.9 Å². The summed E-state index contributed by atoms with van der Waals surface area (Å²) >= 11 is 0. The number of rotatable bonds is 12. The van der Waals surface area contributed by atoms with Crippen molar-refractivity contribution in [3.8, 4) is 0 Å². The third kappa shape index (κ3) is 6.85. The molecule has 3 amide bonds. The molecule has 10 heteroatoms. The zero-order valence-corrected chi connectivity index (χ0v) is 22.6. The number of halogens is 1. The number of nitrogens with zero attached hydrogens (tertiary/aromatic N) is 3. The fourth-order valence-electron chi connectivity index (χ4n) is 4.94. The molecule has 2 N–H and O–H groups in total. The molecule has 4 rings (SSSR count). The number of anilines is 2. The van der Waals surface area contributed by atoms with Gasteiger partial charge in [-0.1, -0.05) is 32.1 Å². The van der Waals surface area contributed by atoms with Crippen molar-refractivity contribution in [2.45, 2.75) is 57.4 Å². The van der Waals surface area contributed by atoms with Crippen molar-refractivity contribution < 1.29 is 23.5 Å². The largest absolute Gasteiger partial charge is 0.447 e. The van der Waals surface area contributed by atoms with Crippen LogP contribution in [0, 0.1) is 11.7 Å². The Morgan fingerprint density at radius 3 is 2.67 bits per heavy atom. The predicted octanol–water partition coefficient (Wildman–Crippen LogP) is 4.09. The number of aliphatic imine (C=N–C) groups is 1. The first kappa shape index (κ1) is 28.3. The Morgan fingerprint density at radius 2 is 2.03 bits per heavy atom. The fraction of sp³-hybridized carbons (Fsp3) is 0.517. The lowest BCUT2D eigenvalue weighted by Gasteiger charge is -2.35. The standard InChI is InChI=1S/C29H38FN5O4/c1-3-5-6-14-31-20-22(4-2)26(36)33-29(12-13-29)27(37)32-19-21-10-15-34(16-11-21)24-9-7-8-23(30)25(24)35-17-18-39-28(35)38/h4,7-9,14,20-21H,2-3,5-6,10-13,15-19H2,1H3,(H,32,37)(H,33,36)/b22-20+,31-14?. The van der Waals surface area contributed by atoms with Gasteiger partial charge >= 0.3 is 6.09 Å². The highest BCUT2D eigenvalue weighted by atomic mass is 19.1. The molecule has 9 nitrogen and oxygen atoms in total. The maximum Gasteiger partial charge on any atom is 0.414 e. The predicted molar refractivity (Wildman–Crippen MR) is 149 cm³/mol. The second-order valence-electron chi connectivity index (χ2n) is 10.3. The van der Waals surface area contributed by atoms with E-state index in [0.717, 1.165) is 32.1 Å². The van der Waals surface area contributed by atoms with Crippen LogP contribution in [-0.4, -0.2) is 62.4 Å². The molecule has 1 aromatic rings. The van der Waals surface area contributed by atoms with Crippen LogP contribution in [0.4, 0.5) is 20.6 Å². The van der Waals surface area contributed by atoms with Gasteiger partial charge in [0.2, 0.25) is 5.91 Å². The van der Waals surface area contributed by atoms with Crippen molar-refractivity contribution in [1.82, 2.24) is 10.6 Å². The summed E-state index contributed by atoms with van der Waals surface area (Å²) < 4.78 is 19.7. The number of amides is 3. The lowest BCUT2D eigenvalue weighted by Crippen LogP contribution is -2.50. The van der Waals surface area contributed by atoms with Crippen molar-refractivity contribution in [3.63, 3.8) is 0 Å². The average molecular weight is 540 g/mol. The van der Waals surface area contributed by atoms with Crippen molar-refractivity contribution in [2.24, 2.45) is 10.9 Å². The number of carbonyl (C=O) groups is 3. The molecule has 0 aromatic heterocycles. The molecule has 0 bridgehead atoms. The molecule has 39 heavy (non-hydrogen) atoms. The normalized spacial score (nSPS) is 19.2. The molecule has 1 aliphatic carbocycles. The molecular weight excluding hydrogens is 501 g/mol. The highest BCUT2D eigenvalue weighted by Gasteiger charge is 2.51. The number of ether oxygens (including phenoxy) is 1. The number of nitrogens with one attached hydrogen (secondary N) is 2. The first-order valence-corrected chi connectivity index (χ1v) is 13.8. The second-order valence-corrected chi connectivity index (χ2v) is 10.3. The van der Waals surface area contributed by atoms with Crippen LogP contribution < -0.4 is 20.4 Å². The van der Waals surface area contributed by atoms with Gasteiger partial charge < -0.3 is 20.3 Å². The monoisotopic (exact) mass is 539 g/mol.